The van der Waals surface area contributed by atoms with Crippen LogP contribution in [-0.4, -0.2) is 30.2 Å². The molecule has 0 bridgehead atoms. The van der Waals surface area contributed by atoms with Crippen LogP contribution in [0.25, 0.3) is 4.85 Å². The maximum Gasteiger partial charge on any atom is 0.308 e. The molecule has 0 heterocycles. The van der Waals surface area contributed by atoms with Crippen LogP contribution in [-0.2, 0) is 19.1 Å². The van der Waals surface area contributed by atoms with Crippen molar-refractivity contribution in [1.29, 1.82) is 5.26 Å². The topological polar surface area (TPSA) is 88.6 Å². The van der Waals surface area contributed by atoms with Crippen LogP contribution in [0.5, 0.6) is 0 Å². The summed E-state index contributed by atoms with van der Waals surface area (Å²) < 4.78 is 5.25. The number of ketones is 2. The summed E-state index contributed by atoms with van der Waals surface area (Å²) in [4.78, 5) is 45.3. The highest BCUT2D eigenvalue weighted by molar-refractivity contribution is 6.06. The van der Waals surface area contributed by atoms with E-state index in [1.807, 2.05) is 26.8 Å². The summed E-state index contributed by atoms with van der Waals surface area (Å²) >= 11 is 0. The van der Waals surface area contributed by atoms with Gasteiger partial charge in [-0.25, -0.2) is 0 Å². The van der Waals surface area contributed by atoms with Gasteiger partial charge in [-0.05, 0) is 98.7 Å². The first-order valence-corrected chi connectivity index (χ1v) is 14.4. The van der Waals surface area contributed by atoms with Crippen LogP contribution >= 0.6 is 0 Å². The van der Waals surface area contributed by atoms with Gasteiger partial charge in [-0.2, -0.15) is 5.26 Å². The molecule has 6 nitrogen and oxygen atoms in total. The van der Waals surface area contributed by atoms with Crippen molar-refractivity contribution < 1.29 is 19.1 Å². The average Bonchev–Trinajstić information content (AvgIpc) is 2.86. The summed E-state index contributed by atoms with van der Waals surface area (Å²) in [5.41, 5.74) is -2.55. The van der Waals surface area contributed by atoms with Gasteiger partial charge in [0.25, 0.3) is 6.57 Å². The van der Waals surface area contributed by atoms with Crippen LogP contribution < -0.4 is 0 Å². The zero-order valence-corrected chi connectivity index (χ0v) is 24.8. The van der Waals surface area contributed by atoms with Crippen LogP contribution in [0, 0.1) is 68.6 Å². The molecule has 5 aliphatic rings. The van der Waals surface area contributed by atoms with E-state index in [2.05, 4.69) is 38.6 Å². The molecule has 1 unspecified atom stereocenters. The minimum absolute atomic E-state index is 0.0756. The fourth-order valence-corrected chi connectivity index (χ4v) is 10.6. The number of carbonyl (C=O) groups is 3. The molecule has 0 amide bonds. The van der Waals surface area contributed by atoms with Crippen molar-refractivity contribution >= 4 is 17.5 Å². The second kappa shape index (κ2) is 8.15. The van der Waals surface area contributed by atoms with Crippen LogP contribution in [0.15, 0.2) is 23.3 Å². The number of rotatable bonds is 1. The Kier molecular flexibility index (Phi) is 5.82. The highest BCUT2D eigenvalue weighted by atomic mass is 16.5. The first-order valence-electron chi connectivity index (χ1n) is 14.4. The van der Waals surface area contributed by atoms with E-state index in [1.54, 1.807) is 6.08 Å². The molecule has 0 N–H and O–H groups in total. The number of nitriles is 1. The van der Waals surface area contributed by atoms with Crippen molar-refractivity contribution in [3.63, 3.8) is 0 Å². The van der Waals surface area contributed by atoms with Gasteiger partial charge in [0, 0.05) is 12.3 Å². The van der Waals surface area contributed by atoms with Crippen molar-refractivity contribution in [1.82, 2.24) is 0 Å². The molecular formula is C33H43N2O4+. The van der Waals surface area contributed by atoms with Gasteiger partial charge < -0.3 is 4.74 Å². The van der Waals surface area contributed by atoms with Crippen LogP contribution in [0.4, 0.5) is 0 Å². The Balaban J connectivity index is 1.71. The van der Waals surface area contributed by atoms with Crippen LogP contribution in [0.3, 0.4) is 0 Å². The van der Waals surface area contributed by atoms with Gasteiger partial charge in [0.05, 0.1) is 24.0 Å². The number of carbonyl (C=O) groups excluding carboxylic acids is 3. The Morgan fingerprint density at radius 1 is 1.05 bits per heavy atom. The molecule has 39 heavy (non-hydrogen) atoms. The molecular weight excluding hydrogens is 488 g/mol. The minimum atomic E-state index is -1.00. The summed E-state index contributed by atoms with van der Waals surface area (Å²) in [6.45, 7) is 20.9. The van der Waals surface area contributed by atoms with E-state index >= 15 is 0 Å². The van der Waals surface area contributed by atoms with Crippen molar-refractivity contribution in [3.05, 3.63) is 28.1 Å². The molecule has 0 aliphatic heterocycles. The fraction of sp³-hybridized carbons (Fsp3) is 0.727. The fourth-order valence-electron chi connectivity index (χ4n) is 10.6. The summed E-state index contributed by atoms with van der Waals surface area (Å²) in [6.07, 6.45) is 8.30. The van der Waals surface area contributed by atoms with E-state index in [1.165, 1.54) is 7.11 Å². The Morgan fingerprint density at radius 3 is 2.31 bits per heavy atom. The molecule has 0 spiro atoms. The van der Waals surface area contributed by atoms with Crippen LogP contribution in [0.1, 0.15) is 87.0 Å². The number of hydrogen-bond acceptors (Lipinski definition) is 5. The predicted octanol–water partition coefficient (Wildman–Crippen LogP) is 6.32. The van der Waals surface area contributed by atoms with Gasteiger partial charge in [-0.1, -0.05) is 32.5 Å². The third-order valence-electron chi connectivity index (χ3n) is 12.7. The smallest absolute Gasteiger partial charge is 0.308 e. The lowest BCUT2D eigenvalue weighted by Crippen LogP contribution is -2.69. The maximum atomic E-state index is 14.4. The molecule has 0 aromatic carbocycles. The van der Waals surface area contributed by atoms with Gasteiger partial charge >= 0.3 is 11.5 Å². The van der Waals surface area contributed by atoms with Crippen molar-refractivity contribution in [2.45, 2.75) is 92.5 Å². The van der Waals surface area contributed by atoms with E-state index in [4.69, 9.17) is 11.3 Å². The van der Waals surface area contributed by atoms with Gasteiger partial charge in [0.1, 0.15) is 11.5 Å². The lowest BCUT2D eigenvalue weighted by molar-refractivity contribution is -0.172. The summed E-state index contributed by atoms with van der Waals surface area (Å²) in [6, 6.07) is 2.13. The lowest BCUT2D eigenvalue weighted by Gasteiger charge is -2.67. The number of esters is 1. The Bertz CT molecular complexity index is 1320. The number of fused-ring (bicyclic) bond motifs is 7. The largest absolute Gasteiger partial charge is 0.469 e. The van der Waals surface area contributed by atoms with E-state index in [0.29, 0.717) is 6.42 Å². The third kappa shape index (κ3) is 3.15. The van der Waals surface area contributed by atoms with E-state index < -0.39 is 16.4 Å². The van der Waals surface area contributed by atoms with Gasteiger partial charge in [0.2, 0.25) is 0 Å². The second-order valence-corrected chi connectivity index (χ2v) is 15.1. The van der Waals surface area contributed by atoms with Crippen molar-refractivity contribution in [2.75, 3.05) is 7.11 Å². The van der Waals surface area contributed by atoms with E-state index in [9.17, 15) is 19.6 Å². The number of Topliss-reactive ketones (excluding diaryl/α,β-unsaturated/α-hetero) is 1. The number of nitrogens with zero attached hydrogens (tertiary/aromatic N) is 2. The van der Waals surface area contributed by atoms with E-state index in [0.717, 1.165) is 37.7 Å². The molecule has 0 radical (unpaired) electrons. The van der Waals surface area contributed by atoms with Crippen molar-refractivity contribution in [3.8, 4) is 12.6 Å². The van der Waals surface area contributed by atoms with E-state index in [-0.39, 0.29) is 63.0 Å². The number of methoxy groups -OCH3 is 1. The summed E-state index contributed by atoms with van der Waals surface area (Å²) in [7, 11) is 1.46. The molecule has 208 valence electrons. The average molecular weight is 532 g/mol. The number of hydrogen-bond donors (Lipinski definition) is 0. The Hall–Kier alpha value is -2.73. The summed E-state index contributed by atoms with van der Waals surface area (Å²) in [5.74, 6) is -0.498. The van der Waals surface area contributed by atoms with Gasteiger partial charge in [0.15, 0.2) is 11.6 Å². The SMILES string of the molecule is C#[N+][C@@]12CC[C@]3(C)C(=CC(=O)[C@@H]4[C@@H]5CC(C)(C)C[C@@H](C(=O)OC)C5CC[C@]43C)[C@@]1(C)C=C(C#N)C(=O)C2(C)C. The third-order valence-corrected chi connectivity index (χ3v) is 12.7. The molecule has 0 saturated heterocycles. The number of ether oxygens (including phenoxy) is 1. The molecule has 5 rings (SSSR count). The normalized spacial score (nSPS) is 45.6. The molecule has 3 fully saturated rings. The Morgan fingerprint density at radius 2 is 1.72 bits per heavy atom. The minimum Gasteiger partial charge on any atom is -0.469 e. The molecule has 0 aromatic heterocycles. The summed E-state index contributed by atoms with van der Waals surface area (Å²) in [5, 5.41) is 9.95. The molecule has 5 aliphatic carbocycles. The van der Waals surface area contributed by atoms with Crippen molar-refractivity contribution in [2.24, 2.45) is 50.7 Å². The molecule has 0 aromatic rings. The molecule has 3 saturated carbocycles. The maximum absolute atomic E-state index is 14.4. The number of allylic oxidation sites excluding steroid dienone is 2. The predicted molar refractivity (Wildman–Crippen MR) is 148 cm³/mol. The Labute approximate surface area is 233 Å². The monoisotopic (exact) mass is 531 g/mol. The zero-order valence-electron chi connectivity index (χ0n) is 24.8. The molecule has 8 atom stereocenters. The van der Waals surface area contributed by atoms with Crippen LogP contribution in [0.2, 0.25) is 0 Å². The zero-order chi connectivity index (χ0) is 29.0. The quantitative estimate of drug-likeness (QED) is 0.370. The first-order chi connectivity index (χ1) is 18.0. The second-order valence-electron chi connectivity index (χ2n) is 15.1. The van der Waals surface area contributed by atoms with Gasteiger partial charge in [-0.15, -0.1) is 0 Å². The lowest BCUT2D eigenvalue weighted by atomic mass is 9.34. The van der Waals surface area contributed by atoms with Gasteiger partial charge in [-0.3, -0.25) is 14.4 Å². The highest BCUT2D eigenvalue weighted by Gasteiger charge is 2.78. The molecule has 6 heteroatoms. The first kappa shape index (κ1) is 27.8. The highest BCUT2D eigenvalue weighted by Crippen LogP contribution is 2.74. The standard InChI is InChI=1S/C33H43N2O4/c1-28(2)16-21-20(22(17-28)27(38)39-9)10-11-31(6)25(21)23(36)14-24-30(31,5)12-13-33(35-8)29(3,4)26(37)19(18-34)15-32(24,33)7/h8,14-15,20-22,25H,10-13,16-17H2,1-7,9H3/q+1/t20?,21-,22-,25+,30-,31-,32-,33-/m1/s1.